The van der Waals surface area contributed by atoms with Crippen molar-refractivity contribution in [2.24, 2.45) is 0 Å². The molecule has 1 N–H and O–H groups in total. The molecule has 0 amide bonds. The van der Waals surface area contributed by atoms with E-state index in [4.69, 9.17) is 0 Å². The third kappa shape index (κ3) is 3.80. The van der Waals surface area contributed by atoms with Crippen molar-refractivity contribution in [1.82, 2.24) is 4.31 Å². The van der Waals surface area contributed by atoms with Crippen LogP contribution < -0.4 is 5.32 Å². The van der Waals surface area contributed by atoms with Crippen LogP contribution >= 0.6 is 0 Å². The molecular weight excluding hydrogens is 380 g/mol. The molecular formula is C24H26N2O2S. The Hall–Kier alpha value is -2.63. The smallest absolute Gasteiger partial charge is 0.247 e. The van der Waals surface area contributed by atoms with Crippen LogP contribution in [0.4, 0.5) is 5.69 Å². The molecule has 3 aromatic rings. The zero-order valence-corrected chi connectivity index (χ0v) is 17.8. The van der Waals surface area contributed by atoms with Gasteiger partial charge in [-0.1, -0.05) is 87.5 Å². The van der Waals surface area contributed by atoms with Gasteiger partial charge in [-0.05, 0) is 34.2 Å². The number of rotatable bonds is 3. The Morgan fingerprint density at radius 3 is 2.14 bits per heavy atom. The van der Waals surface area contributed by atoms with E-state index < -0.39 is 16.2 Å². The summed E-state index contributed by atoms with van der Waals surface area (Å²) in [4.78, 5) is 0.318. The van der Waals surface area contributed by atoms with E-state index in [1.807, 2.05) is 54.6 Å². The highest BCUT2D eigenvalue weighted by Crippen LogP contribution is 2.39. The maximum Gasteiger partial charge on any atom is 0.247 e. The summed E-state index contributed by atoms with van der Waals surface area (Å²) < 4.78 is 28.6. The summed E-state index contributed by atoms with van der Waals surface area (Å²) in [6, 6.07) is 25.0. The van der Waals surface area contributed by atoms with Gasteiger partial charge in [-0.25, -0.2) is 8.42 Å². The molecule has 5 heteroatoms. The molecule has 3 aromatic carbocycles. The first kappa shape index (κ1) is 19.7. The van der Waals surface area contributed by atoms with Gasteiger partial charge in [0, 0.05) is 6.54 Å². The van der Waals surface area contributed by atoms with Crippen molar-refractivity contribution in [1.29, 1.82) is 0 Å². The van der Waals surface area contributed by atoms with Gasteiger partial charge in [-0.3, -0.25) is 0 Å². The normalized spacial score (nSPS) is 18.7. The molecule has 0 fully saturated rings. The van der Waals surface area contributed by atoms with Crippen LogP contribution in [-0.4, -0.2) is 12.7 Å². The average molecular weight is 407 g/mol. The summed E-state index contributed by atoms with van der Waals surface area (Å²) >= 11 is 0. The lowest BCUT2D eigenvalue weighted by Crippen LogP contribution is -2.42. The molecule has 0 saturated carbocycles. The maximum absolute atomic E-state index is 13.5. The number of sulfonamides is 1. The fourth-order valence-electron chi connectivity index (χ4n) is 3.65. The van der Waals surface area contributed by atoms with Crippen LogP contribution in [0.2, 0.25) is 0 Å². The molecule has 0 radical (unpaired) electrons. The van der Waals surface area contributed by atoms with E-state index in [0.717, 1.165) is 11.1 Å². The third-order valence-corrected chi connectivity index (χ3v) is 7.20. The Bertz CT molecular complexity index is 1100. The first-order valence-electron chi connectivity index (χ1n) is 9.78. The number of hydrogen-bond donors (Lipinski definition) is 1. The van der Waals surface area contributed by atoms with Crippen LogP contribution in [-0.2, 0) is 22.0 Å². The second kappa shape index (κ2) is 7.32. The highest BCUT2D eigenvalue weighted by Gasteiger charge is 2.38. The number of benzene rings is 3. The van der Waals surface area contributed by atoms with Crippen LogP contribution in [0.1, 0.15) is 43.6 Å². The summed E-state index contributed by atoms with van der Waals surface area (Å²) in [5.41, 5.74) is 3.78. The molecule has 0 saturated heterocycles. The van der Waals surface area contributed by atoms with Crippen molar-refractivity contribution in [3.8, 4) is 0 Å². The standard InChI is InChI=1S/C24H26N2O2S/c1-24(2,3)20-15-13-19(14-16-20)23-25-21-11-7-8-12-22(21)29(27,28)26(23)17-18-9-5-4-6-10-18/h4-16,23,25H,17H2,1-3H3. The fraction of sp³-hybridized carbons (Fsp3) is 0.250. The van der Waals surface area contributed by atoms with Crippen molar-refractivity contribution in [2.45, 2.75) is 43.8 Å². The van der Waals surface area contributed by atoms with E-state index in [0.29, 0.717) is 17.1 Å². The van der Waals surface area contributed by atoms with Gasteiger partial charge < -0.3 is 5.32 Å². The van der Waals surface area contributed by atoms with E-state index in [1.165, 1.54) is 5.56 Å². The first-order valence-corrected chi connectivity index (χ1v) is 11.2. The summed E-state index contributed by atoms with van der Waals surface area (Å²) in [7, 11) is -3.65. The number of nitrogens with one attached hydrogen (secondary N) is 1. The minimum absolute atomic E-state index is 0.0426. The zero-order valence-electron chi connectivity index (χ0n) is 17.0. The van der Waals surface area contributed by atoms with Gasteiger partial charge in [0.25, 0.3) is 0 Å². The molecule has 4 nitrogen and oxygen atoms in total. The Labute approximate surface area is 173 Å². The second-order valence-corrected chi connectivity index (χ2v) is 10.3. The molecule has 1 atom stereocenters. The third-order valence-electron chi connectivity index (χ3n) is 5.33. The monoisotopic (exact) mass is 406 g/mol. The van der Waals surface area contributed by atoms with E-state index in [-0.39, 0.29) is 5.41 Å². The van der Waals surface area contributed by atoms with Crippen LogP contribution in [0, 0.1) is 0 Å². The van der Waals surface area contributed by atoms with Gasteiger partial charge >= 0.3 is 0 Å². The second-order valence-electron chi connectivity index (χ2n) is 8.45. The lowest BCUT2D eigenvalue weighted by Gasteiger charge is -2.37. The molecule has 0 aromatic heterocycles. The Morgan fingerprint density at radius 2 is 1.48 bits per heavy atom. The summed E-state index contributed by atoms with van der Waals surface area (Å²) in [5, 5.41) is 3.44. The van der Waals surface area contributed by atoms with E-state index in [9.17, 15) is 8.42 Å². The van der Waals surface area contributed by atoms with Gasteiger partial charge in [-0.15, -0.1) is 0 Å². The predicted molar refractivity (Wildman–Crippen MR) is 117 cm³/mol. The molecule has 0 bridgehead atoms. The van der Waals surface area contributed by atoms with Crippen molar-refractivity contribution in [3.63, 3.8) is 0 Å². The number of fused-ring (bicyclic) bond motifs is 1. The van der Waals surface area contributed by atoms with Crippen LogP contribution in [0.25, 0.3) is 0 Å². The Kier molecular flexibility index (Phi) is 4.97. The predicted octanol–water partition coefficient (Wildman–Crippen LogP) is 5.30. The van der Waals surface area contributed by atoms with Crippen LogP contribution in [0.15, 0.2) is 83.8 Å². The van der Waals surface area contributed by atoms with Crippen molar-refractivity contribution in [2.75, 3.05) is 5.32 Å². The minimum atomic E-state index is -3.65. The van der Waals surface area contributed by atoms with Gasteiger partial charge in [0.05, 0.1) is 5.69 Å². The van der Waals surface area contributed by atoms with E-state index in [1.54, 1.807) is 16.4 Å². The molecule has 29 heavy (non-hydrogen) atoms. The molecule has 1 heterocycles. The molecule has 0 aliphatic carbocycles. The number of anilines is 1. The van der Waals surface area contributed by atoms with Crippen molar-refractivity contribution in [3.05, 3.63) is 95.6 Å². The first-order chi connectivity index (χ1) is 13.8. The highest BCUT2D eigenvalue weighted by atomic mass is 32.2. The van der Waals surface area contributed by atoms with E-state index >= 15 is 0 Å². The molecule has 4 rings (SSSR count). The van der Waals surface area contributed by atoms with Gasteiger partial charge in [0.15, 0.2) is 0 Å². The number of para-hydroxylation sites is 1. The van der Waals surface area contributed by atoms with Crippen LogP contribution in [0.3, 0.4) is 0 Å². The number of hydrogen-bond acceptors (Lipinski definition) is 3. The molecule has 1 aliphatic rings. The molecule has 1 aliphatic heterocycles. The van der Waals surface area contributed by atoms with Crippen LogP contribution in [0.5, 0.6) is 0 Å². The molecule has 150 valence electrons. The molecule has 1 unspecified atom stereocenters. The van der Waals surface area contributed by atoms with Crippen molar-refractivity contribution >= 4 is 15.7 Å². The summed E-state index contributed by atoms with van der Waals surface area (Å²) in [6.45, 7) is 6.81. The lowest BCUT2D eigenvalue weighted by atomic mass is 9.86. The highest BCUT2D eigenvalue weighted by molar-refractivity contribution is 7.89. The van der Waals surface area contributed by atoms with Gasteiger partial charge in [0.2, 0.25) is 10.0 Å². The summed E-state index contributed by atoms with van der Waals surface area (Å²) in [5.74, 6) is 0. The zero-order chi connectivity index (χ0) is 20.6. The fourth-order valence-corrected chi connectivity index (χ4v) is 5.33. The number of nitrogens with zero attached hydrogens (tertiary/aromatic N) is 1. The quantitative estimate of drug-likeness (QED) is 0.642. The maximum atomic E-state index is 13.5. The SMILES string of the molecule is CC(C)(C)c1ccc(C2Nc3ccccc3S(=O)(=O)N2Cc2ccccc2)cc1. The van der Waals surface area contributed by atoms with E-state index in [2.05, 4.69) is 38.2 Å². The molecule has 0 spiro atoms. The van der Waals surface area contributed by atoms with Gasteiger partial charge in [0.1, 0.15) is 11.1 Å². The Morgan fingerprint density at radius 1 is 0.862 bits per heavy atom. The largest absolute Gasteiger partial charge is 0.364 e. The minimum Gasteiger partial charge on any atom is -0.364 e. The topological polar surface area (TPSA) is 49.4 Å². The Balaban J connectivity index is 1.79. The van der Waals surface area contributed by atoms with Gasteiger partial charge in [-0.2, -0.15) is 4.31 Å². The average Bonchev–Trinajstić information content (AvgIpc) is 2.70. The van der Waals surface area contributed by atoms with Crippen molar-refractivity contribution < 1.29 is 8.42 Å². The summed E-state index contributed by atoms with van der Waals surface area (Å²) in [6.07, 6.45) is -0.468. The lowest BCUT2D eigenvalue weighted by molar-refractivity contribution is 0.336.